The van der Waals surface area contributed by atoms with Gasteiger partial charge in [-0.05, 0) is 71.7 Å². The van der Waals surface area contributed by atoms with Gasteiger partial charge in [0.1, 0.15) is 11.6 Å². The molecule has 0 saturated carbocycles. The number of aryl methyl sites for hydroxylation is 1. The first kappa shape index (κ1) is 20.8. The van der Waals surface area contributed by atoms with Gasteiger partial charge in [-0.2, -0.15) is 0 Å². The molecule has 0 N–H and O–H groups in total. The first-order valence-electron chi connectivity index (χ1n) is 10.3. The Morgan fingerprint density at radius 1 is 0.724 bits per heavy atom. The molecular weight excluding hydrogens is 362 g/mol. The maximum atomic E-state index is 14.5. The molecule has 0 heterocycles. The molecule has 0 aromatic heterocycles. The molecule has 0 saturated heterocycles. The van der Waals surface area contributed by atoms with Gasteiger partial charge in [0.25, 0.3) is 0 Å². The van der Waals surface area contributed by atoms with Gasteiger partial charge in [0, 0.05) is 5.56 Å². The van der Waals surface area contributed by atoms with Crippen LogP contribution in [0.15, 0.2) is 60.7 Å². The fourth-order valence-corrected chi connectivity index (χ4v) is 3.52. The summed E-state index contributed by atoms with van der Waals surface area (Å²) in [6, 6.07) is 19.0. The van der Waals surface area contributed by atoms with Crippen LogP contribution in [0.5, 0.6) is 0 Å². The van der Waals surface area contributed by atoms with Crippen LogP contribution >= 0.6 is 0 Å². The van der Waals surface area contributed by atoms with Gasteiger partial charge in [0.15, 0.2) is 0 Å². The van der Waals surface area contributed by atoms with Crippen LogP contribution in [0.25, 0.3) is 11.1 Å². The van der Waals surface area contributed by atoms with Gasteiger partial charge >= 0.3 is 0 Å². The molecule has 0 aliphatic carbocycles. The second-order valence-corrected chi connectivity index (χ2v) is 7.25. The van der Waals surface area contributed by atoms with E-state index in [4.69, 9.17) is 0 Å². The van der Waals surface area contributed by atoms with Crippen molar-refractivity contribution in [3.8, 4) is 23.0 Å². The number of benzene rings is 3. The highest BCUT2D eigenvalue weighted by Crippen LogP contribution is 2.26. The third kappa shape index (κ3) is 4.93. The van der Waals surface area contributed by atoms with Crippen molar-refractivity contribution >= 4 is 0 Å². The molecule has 0 radical (unpaired) electrons. The summed E-state index contributed by atoms with van der Waals surface area (Å²) in [5.41, 5.74) is 4.78. The zero-order valence-electron chi connectivity index (χ0n) is 17.2. The van der Waals surface area contributed by atoms with Crippen molar-refractivity contribution in [2.24, 2.45) is 0 Å². The Morgan fingerprint density at radius 2 is 1.24 bits per heavy atom. The van der Waals surface area contributed by atoms with Crippen LogP contribution in [-0.2, 0) is 6.42 Å². The zero-order chi connectivity index (χ0) is 20.8. The van der Waals surface area contributed by atoms with Crippen molar-refractivity contribution in [1.82, 2.24) is 0 Å². The summed E-state index contributed by atoms with van der Waals surface area (Å²) in [5, 5.41) is 0. The minimum atomic E-state index is -0.591. The van der Waals surface area contributed by atoms with Crippen LogP contribution < -0.4 is 0 Å². The van der Waals surface area contributed by atoms with Crippen molar-refractivity contribution in [3.63, 3.8) is 0 Å². The van der Waals surface area contributed by atoms with Crippen LogP contribution in [0.4, 0.5) is 8.78 Å². The highest BCUT2D eigenvalue weighted by Gasteiger charge is 2.14. The van der Waals surface area contributed by atoms with Gasteiger partial charge in [-0.3, -0.25) is 0 Å². The molecule has 3 aromatic carbocycles. The maximum Gasteiger partial charge on any atom is 0.142 e. The van der Waals surface area contributed by atoms with Crippen molar-refractivity contribution in [1.29, 1.82) is 0 Å². The number of hydrogen-bond donors (Lipinski definition) is 0. The molecule has 148 valence electrons. The Balaban J connectivity index is 1.82. The van der Waals surface area contributed by atoms with Crippen LogP contribution in [0.3, 0.4) is 0 Å². The van der Waals surface area contributed by atoms with Gasteiger partial charge in [0.05, 0.1) is 5.56 Å². The van der Waals surface area contributed by atoms with Crippen LogP contribution in [0, 0.1) is 23.5 Å². The minimum Gasteiger partial charge on any atom is -0.206 e. The first-order chi connectivity index (χ1) is 14.0. The average Bonchev–Trinajstić information content (AvgIpc) is 2.74. The number of rotatable bonds is 5. The molecule has 0 spiro atoms. The SMILES string of the molecule is CCc1ccc(-c2ccc(C#Cc3c(F)cc(C(CC)CC)cc3F)cc2)cc1. The summed E-state index contributed by atoms with van der Waals surface area (Å²) in [7, 11) is 0. The molecule has 2 heteroatoms. The topological polar surface area (TPSA) is 0 Å². The summed E-state index contributed by atoms with van der Waals surface area (Å²) in [4.78, 5) is 0. The van der Waals surface area contributed by atoms with E-state index >= 15 is 0 Å². The quantitative estimate of drug-likeness (QED) is 0.397. The molecule has 3 rings (SSSR count). The van der Waals surface area contributed by atoms with Crippen LogP contribution in [-0.4, -0.2) is 0 Å². The van der Waals surface area contributed by atoms with E-state index in [1.54, 1.807) is 0 Å². The van der Waals surface area contributed by atoms with E-state index in [0.29, 0.717) is 5.56 Å². The van der Waals surface area contributed by atoms with E-state index in [1.807, 2.05) is 38.1 Å². The Kier molecular flexibility index (Phi) is 6.83. The molecule has 0 nitrogen and oxygen atoms in total. The number of hydrogen-bond acceptors (Lipinski definition) is 0. The van der Waals surface area contributed by atoms with E-state index in [-0.39, 0.29) is 11.5 Å². The maximum absolute atomic E-state index is 14.5. The van der Waals surface area contributed by atoms with Gasteiger partial charge in [-0.15, -0.1) is 0 Å². The van der Waals surface area contributed by atoms with Crippen LogP contribution in [0.1, 0.15) is 61.8 Å². The third-order valence-electron chi connectivity index (χ3n) is 5.43. The lowest BCUT2D eigenvalue weighted by Gasteiger charge is -2.13. The summed E-state index contributed by atoms with van der Waals surface area (Å²) in [5.74, 6) is 4.55. The predicted molar refractivity (Wildman–Crippen MR) is 117 cm³/mol. The van der Waals surface area contributed by atoms with E-state index in [0.717, 1.165) is 36.0 Å². The Hall–Kier alpha value is -2.92. The molecule has 29 heavy (non-hydrogen) atoms. The summed E-state index contributed by atoms with van der Waals surface area (Å²) in [6.07, 6.45) is 2.72. The average molecular weight is 389 g/mol. The Morgan fingerprint density at radius 3 is 1.72 bits per heavy atom. The fraction of sp³-hybridized carbons (Fsp3) is 0.259. The summed E-state index contributed by atoms with van der Waals surface area (Å²) >= 11 is 0. The van der Waals surface area contributed by atoms with Crippen LogP contribution in [0.2, 0.25) is 0 Å². The summed E-state index contributed by atoms with van der Waals surface area (Å²) < 4.78 is 28.9. The van der Waals surface area contributed by atoms with Gasteiger partial charge < -0.3 is 0 Å². The molecule has 0 unspecified atom stereocenters. The molecular formula is C27H26F2. The first-order valence-corrected chi connectivity index (χ1v) is 10.3. The van der Waals surface area contributed by atoms with Gasteiger partial charge in [-0.1, -0.05) is 69.0 Å². The molecule has 0 bridgehead atoms. The van der Waals surface area contributed by atoms with Crippen molar-refractivity contribution < 1.29 is 8.78 Å². The monoisotopic (exact) mass is 388 g/mol. The molecule has 0 aliphatic rings. The molecule has 3 aromatic rings. The Labute approximate surface area is 172 Å². The molecule has 0 aliphatic heterocycles. The lowest BCUT2D eigenvalue weighted by Crippen LogP contribution is -2.00. The largest absolute Gasteiger partial charge is 0.206 e. The van der Waals surface area contributed by atoms with E-state index < -0.39 is 11.6 Å². The second-order valence-electron chi connectivity index (χ2n) is 7.25. The van der Waals surface area contributed by atoms with E-state index in [1.165, 1.54) is 17.7 Å². The third-order valence-corrected chi connectivity index (χ3v) is 5.43. The lowest BCUT2D eigenvalue weighted by atomic mass is 9.93. The fourth-order valence-electron chi connectivity index (χ4n) is 3.52. The highest BCUT2D eigenvalue weighted by molar-refractivity contribution is 5.64. The van der Waals surface area contributed by atoms with Crippen molar-refractivity contribution in [3.05, 3.63) is 94.6 Å². The Bertz CT molecular complexity index is 992. The molecule has 0 fully saturated rings. The number of halogens is 2. The van der Waals surface area contributed by atoms with Crippen molar-refractivity contribution in [2.45, 2.75) is 46.0 Å². The molecule has 0 amide bonds. The lowest BCUT2D eigenvalue weighted by molar-refractivity contribution is 0.560. The van der Waals surface area contributed by atoms with Crippen molar-refractivity contribution in [2.75, 3.05) is 0 Å². The predicted octanol–water partition coefficient (Wildman–Crippen LogP) is 7.50. The van der Waals surface area contributed by atoms with E-state index in [9.17, 15) is 8.78 Å². The van der Waals surface area contributed by atoms with Gasteiger partial charge in [0.2, 0.25) is 0 Å². The smallest absolute Gasteiger partial charge is 0.142 e. The summed E-state index contributed by atoms with van der Waals surface area (Å²) in [6.45, 7) is 6.19. The second kappa shape index (κ2) is 9.52. The standard InChI is InChI=1S/C27H26F2/c1-4-19-7-12-22(13-8-19)23-14-9-20(10-15-23)11-16-25-26(28)17-24(18-27(25)29)21(5-2)6-3/h7-10,12-15,17-18,21H,4-6H2,1-3H3. The van der Waals surface area contributed by atoms with E-state index in [2.05, 4.69) is 43.0 Å². The highest BCUT2D eigenvalue weighted by atomic mass is 19.1. The minimum absolute atomic E-state index is 0.167. The van der Waals surface area contributed by atoms with Gasteiger partial charge in [-0.25, -0.2) is 8.78 Å². The normalized spacial score (nSPS) is 10.7. The molecule has 0 atom stereocenters. The zero-order valence-corrected chi connectivity index (χ0v) is 17.2.